The van der Waals surface area contributed by atoms with E-state index in [1.165, 1.54) is 7.11 Å². The predicted octanol–water partition coefficient (Wildman–Crippen LogP) is -0.555. The zero-order valence-electron chi connectivity index (χ0n) is 4.14. The Morgan fingerprint density at radius 2 is 2.14 bits per heavy atom. The van der Waals surface area contributed by atoms with Crippen molar-refractivity contribution in [3.05, 3.63) is 0 Å². The first-order valence-corrected chi connectivity index (χ1v) is 2.02. The zero-order chi connectivity index (χ0) is 4.99. The fourth-order valence-electron chi connectivity index (χ4n) is 0.167. The first-order valence-electron chi connectivity index (χ1n) is 2.02. The molecule has 0 aromatic carbocycles. The van der Waals surface area contributed by atoms with Crippen LogP contribution in [0, 0.1) is 0 Å². The number of aliphatic hydroxyl groups excluding tert-OH is 1. The first kappa shape index (κ1) is 11.2. The Morgan fingerprint density at radius 1 is 1.71 bits per heavy atom. The van der Waals surface area contributed by atoms with Crippen LogP contribution >= 0.6 is 0 Å². The Bertz CT molecular complexity index is 28.9. The minimum atomic E-state index is -0.565. The average molecular weight is 180 g/mol. The summed E-state index contributed by atoms with van der Waals surface area (Å²) in [5.41, 5.74) is 0. The molecule has 0 radical (unpaired) electrons. The molecule has 0 aliphatic heterocycles. The van der Waals surface area contributed by atoms with Crippen molar-refractivity contribution in [3.8, 4) is 0 Å². The molecule has 0 aromatic heterocycles. The molecular formula is C4H12O2Sr. The van der Waals surface area contributed by atoms with E-state index in [0.29, 0.717) is 6.42 Å². The molecule has 0 heterocycles. The summed E-state index contributed by atoms with van der Waals surface area (Å²) in [6.07, 6.45) is 0.0984. The van der Waals surface area contributed by atoms with Crippen molar-refractivity contribution in [1.29, 1.82) is 0 Å². The number of rotatable bonds is 2. The summed E-state index contributed by atoms with van der Waals surface area (Å²) in [4.78, 5) is 0. The third-order valence-corrected chi connectivity index (χ3v) is 0.621. The Balaban J connectivity index is 0. The topological polar surface area (TPSA) is 29.5 Å². The predicted molar refractivity (Wildman–Crippen MR) is 31.9 cm³/mol. The zero-order valence-corrected chi connectivity index (χ0v) is 4.14. The molecule has 42 valence electrons. The van der Waals surface area contributed by atoms with Crippen LogP contribution in [-0.2, 0) is 4.74 Å². The van der Waals surface area contributed by atoms with Gasteiger partial charge in [0.05, 0.1) is 0 Å². The molecule has 7 heavy (non-hydrogen) atoms. The van der Waals surface area contributed by atoms with Crippen molar-refractivity contribution in [2.45, 2.75) is 19.6 Å². The molecule has 0 spiro atoms. The number of hydrogen-bond donors (Lipinski definition) is 1. The molecule has 3 heteroatoms. The van der Waals surface area contributed by atoms with E-state index in [2.05, 4.69) is 4.74 Å². The van der Waals surface area contributed by atoms with Crippen LogP contribution in [0.5, 0.6) is 0 Å². The summed E-state index contributed by atoms with van der Waals surface area (Å²) in [5.74, 6) is 0. The molecule has 0 saturated heterocycles. The van der Waals surface area contributed by atoms with Crippen LogP contribution in [0.25, 0.3) is 0 Å². The maximum atomic E-state index is 8.44. The third-order valence-electron chi connectivity index (χ3n) is 0.621. The Kier molecular flexibility index (Phi) is 11.9. The quantitative estimate of drug-likeness (QED) is 0.455. The van der Waals surface area contributed by atoms with Gasteiger partial charge in [0.15, 0.2) is 6.29 Å². The summed E-state index contributed by atoms with van der Waals surface area (Å²) in [6.45, 7) is 1.86. The SMILES string of the molecule is CCC(O)OC.[SrH2]. The van der Waals surface area contributed by atoms with E-state index < -0.39 is 6.29 Å². The fraction of sp³-hybridized carbons (Fsp3) is 1.00. The molecule has 2 nitrogen and oxygen atoms in total. The van der Waals surface area contributed by atoms with Gasteiger partial charge < -0.3 is 9.84 Å². The van der Waals surface area contributed by atoms with Crippen LogP contribution in [0.1, 0.15) is 13.3 Å². The van der Waals surface area contributed by atoms with Crippen LogP contribution in [0.15, 0.2) is 0 Å². The molecular weight excluding hydrogens is 168 g/mol. The molecule has 1 atom stereocenters. The third kappa shape index (κ3) is 7.40. The van der Waals surface area contributed by atoms with Crippen molar-refractivity contribution in [2.75, 3.05) is 7.11 Å². The van der Waals surface area contributed by atoms with Gasteiger partial charge in [-0.15, -0.1) is 0 Å². The monoisotopic (exact) mass is 180 g/mol. The Morgan fingerprint density at radius 3 is 2.14 bits per heavy atom. The van der Waals surface area contributed by atoms with Gasteiger partial charge in [-0.05, 0) is 6.42 Å². The Labute approximate surface area is 81.1 Å². The Hall–Kier alpha value is 1.40. The van der Waals surface area contributed by atoms with Crippen molar-refractivity contribution in [3.63, 3.8) is 0 Å². The van der Waals surface area contributed by atoms with Gasteiger partial charge in [-0.1, -0.05) is 6.92 Å². The molecule has 0 aromatic rings. The van der Waals surface area contributed by atoms with Crippen molar-refractivity contribution < 1.29 is 9.84 Å². The molecule has 0 amide bonds. The summed E-state index contributed by atoms with van der Waals surface area (Å²) in [7, 11) is 1.48. The van der Waals surface area contributed by atoms with Gasteiger partial charge in [0.25, 0.3) is 0 Å². The van der Waals surface area contributed by atoms with Gasteiger partial charge in [0.2, 0.25) is 0 Å². The second-order valence-corrected chi connectivity index (χ2v) is 1.10. The summed E-state index contributed by atoms with van der Waals surface area (Å²) in [5, 5.41) is 8.44. The van der Waals surface area contributed by atoms with Gasteiger partial charge in [0, 0.05) is 7.11 Å². The van der Waals surface area contributed by atoms with Crippen LogP contribution < -0.4 is 0 Å². The van der Waals surface area contributed by atoms with E-state index >= 15 is 0 Å². The van der Waals surface area contributed by atoms with E-state index in [0.717, 1.165) is 0 Å². The number of ether oxygens (including phenoxy) is 1. The van der Waals surface area contributed by atoms with E-state index in [4.69, 9.17) is 5.11 Å². The molecule has 1 N–H and O–H groups in total. The summed E-state index contributed by atoms with van der Waals surface area (Å²) in [6, 6.07) is 0. The van der Waals surface area contributed by atoms with Crippen molar-refractivity contribution >= 4 is 45.5 Å². The average Bonchev–Trinajstić information content (AvgIpc) is 1.65. The first-order chi connectivity index (χ1) is 2.81. The van der Waals surface area contributed by atoms with Gasteiger partial charge in [-0.3, -0.25) is 0 Å². The van der Waals surface area contributed by atoms with E-state index in [1.807, 2.05) is 6.92 Å². The van der Waals surface area contributed by atoms with E-state index in [1.54, 1.807) is 0 Å². The molecule has 0 saturated carbocycles. The molecule has 0 bridgehead atoms. The molecule has 1 unspecified atom stereocenters. The van der Waals surface area contributed by atoms with Crippen LogP contribution in [0.2, 0.25) is 0 Å². The van der Waals surface area contributed by atoms with Gasteiger partial charge >= 0.3 is 45.5 Å². The number of aliphatic hydroxyl groups is 1. The maximum absolute atomic E-state index is 8.44. The van der Waals surface area contributed by atoms with E-state index in [9.17, 15) is 0 Å². The molecule has 0 aliphatic rings. The van der Waals surface area contributed by atoms with Crippen LogP contribution in [0.3, 0.4) is 0 Å². The minimum absolute atomic E-state index is 0. The van der Waals surface area contributed by atoms with Crippen molar-refractivity contribution in [1.82, 2.24) is 0 Å². The van der Waals surface area contributed by atoms with Gasteiger partial charge in [-0.2, -0.15) is 0 Å². The van der Waals surface area contributed by atoms with Crippen LogP contribution in [0.4, 0.5) is 0 Å². The van der Waals surface area contributed by atoms with Gasteiger partial charge in [0.1, 0.15) is 0 Å². The normalized spacial score (nSPS) is 12.4. The van der Waals surface area contributed by atoms with Crippen molar-refractivity contribution in [2.24, 2.45) is 0 Å². The summed E-state index contributed by atoms with van der Waals surface area (Å²) < 4.78 is 4.45. The number of methoxy groups -OCH3 is 1. The summed E-state index contributed by atoms with van der Waals surface area (Å²) >= 11 is 0. The molecule has 0 rings (SSSR count). The second-order valence-electron chi connectivity index (χ2n) is 1.10. The molecule has 0 fully saturated rings. The fourth-order valence-corrected chi connectivity index (χ4v) is 0.167. The van der Waals surface area contributed by atoms with Crippen LogP contribution in [-0.4, -0.2) is 64.0 Å². The molecule has 0 aliphatic carbocycles. The number of hydrogen-bond acceptors (Lipinski definition) is 2. The van der Waals surface area contributed by atoms with E-state index in [-0.39, 0.29) is 45.5 Å². The van der Waals surface area contributed by atoms with Gasteiger partial charge in [-0.25, -0.2) is 0 Å². The second kappa shape index (κ2) is 7.40. The standard InChI is InChI=1S/C4H10O2.Sr.2H/c1-3-4(5)6-2;;;/h4-5H,3H2,1-2H3;;;.